The van der Waals surface area contributed by atoms with E-state index in [0.717, 1.165) is 5.56 Å². The van der Waals surface area contributed by atoms with Crippen LogP contribution < -0.4 is 20.7 Å². The number of methoxy groups -OCH3 is 1. The largest absolute Gasteiger partial charge is 0.497 e. The fraction of sp³-hybridized carbons (Fsp3) is 0.300. The number of hydrogen-bond acceptors (Lipinski definition) is 4. The van der Waals surface area contributed by atoms with Crippen molar-refractivity contribution in [1.29, 1.82) is 0 Å². The summed E-state index contributed by atoms with van der Waals surface area (Å²) in [5.41, 5.74) is 2.24. The van der Waals surface area contributed by atoms with Gasteiger partial charge in [0.05, 0.1) is 13.7 Å². The lowest BCUT2D eigenvalue weighted by Gasteiger charge is -2.10. The topological polar surface area (TPSA) is 79.5 Å². The molecule has 0 aliphatic heterocycles. The van der Waals surface area contributed by atoms with Crippen molar-refractivity contribution in [2.24, 2.45) is 0 Å². The summed E-state index contributed by atoms with van der Waals surface area (Å²) in [5.74, 6) is 0.481. The van der Waals surface area contributed by atoms with E-state index in [2.05, 4.69) is 16.0 Å². The van der Waals surface area contributed by atoms with Gasteiger partial charge in [0.25, 0.3) is 5.91 Å². The van der Waals surface area contributed by atoms with Crippen molar-refractivity contribution in [3.63, 3.8) is 0 Å². The molecule has 0 bridgehead atoms. The third-order valence-electron chi connectivity index (χ3n) is 3.60. The Morgan fingerprint density at radius 1 is 1.08 bits per heavy atom. The Kier molecular flexibility index (Phi) is 7.17. The number of benzene rings is 2. The number of anilines is 1. The fourth-order valence-corrected chi connectivity index (χ4v) is 2.40. The molecule has 0 aliphatic carbocycles. The first kappa shape index (κ1) is 19.5. The number of carbonyl (C=O) groups is 2. The molecular formula is C20H25N3O3. The lowest BCUT2D eigenvalue weighted by molar-refractivity contribution is -0.120. The maximum absolute atomic E-state index is 12.3. The minimum atomic E-state index is -0.186. The molecule has 0 fully saturated rings. The van der Waals surface area contributed by atoms with Crippen molar-refractivity contribution < 1.29 is 14.3 Å². The highest BCUT2D eigenvalue weighted by molar-refractivity contribution is 6.04. The lowest BCUT2D eigenvalue weighted by Crippen LogP contribution is -2.37. The molecule has 0 unspecified atom stereocenters. The zero-order valence-corrected chi connectivity index (χ0v) is 15.3. The molecule has 6 nitrogen and oxygen atoms in total. The minimum absolute atomic E-state index is 0.0380. The van der Waals surface area contributed by atoms with Crippen molar-refractivity contribution >= 4 is 17.5 Å². The molecule has 2 aromatic carbocycles. The average Bonchev–Trinajstić information content (AvgIpc) is 2.61. The third-order valence-corrected chi connectivity index (χ3v) is 3.60. The molecule has 138 valence electrons. The molecule has 6 heteroatoms. The van der Waals surface area contributed by atoms with E-state index in [1.165, 1.54) is 0 Å². The molecule has 0 heterocycles. The van der Waals surface area contributed by atoms with Crippen LogP contribution in [-0.2, 0) is 11.3 Å². The summed E-state index contributed by atoms with van der Waals surface area (Å²) in [4.78, 5) is 23.9. The van der Waals surface area contributed by atoms with Crippen LogP contribution in [0.1, 0.15) is 29.8 Å². The molecule has 0 aromatic heterocycles. The van der Waals surface area contributed by atoms with Crippen LogP contribution in [0, 0.1) is 0 Å². The van der Waals surface area contributed by atoms with Crippen LogP contribution in [0.4, 0.5) is 5.69 Å². The van der Waals surface area contributed by atoms with E-state index in [-0.39, 0.29) is 24.4 Å². The van der Waals surface area contributed by atoms with Crippen LogP contribution in [0.15, 0.2) is 48.5 Å². The van der Waals surface area contributed by atoms with Crippen molar-refractivity contribution in [3.05, 3.63) is 59.7 Å². The van der Waals surface area contributed by atoms with Crippen LogP contribution in [0.2, 0.25) is 0 Å². The Balaban J connectivity index is 1.89. The first-order chi connectivity index (χ1) is 12.5. The van der Waals surface area contributed by atoms with Crippen LogP contribution in [0.5, 0.6) is 5.75 Å². The van der Waals surface area contributed by atoms with Gasteiger partial charge >= 0.3 is 0 Å². The van der Waals surface area contributed by atoms with E-state index in [1.807, 2.05) is 38.1 Å². The first-order valence-corrected chi connectivity index (χ1v) is 8.52. The van der Waals surface area contributed by atoms with E-state index >= 15 is 0 Å². The van der Waals surface area contributed by atoms with Gasteiger partial charge in [-0.05, 0) is 55.8 Å². The molecule has 0 atom stereocenters. The average molecular weight is 355 g/mol. The molecule has 0 saturated carbocycles. The van der Waals surface area contributed by atoms with Crippen molar-refractivity contribution in [3.8, 4) is 5.75 Å². The molecule has 2 aromatic rings. The molecule has 0 radical (unpaired) electrons. The maximum Gasteiger partial charge on any atom is 0.255 e. The van der Waals surface area contributed by atoms with E-state index in [1.54, 1.807) is 31.4 Å². The van der Waals surface area contributed by atoms with Crippen molar-refractivity contribution in [1.82, 2.24) is 10.6 Å². The smallest absolute Gasteiger partial charge is 0.255 e. The van der Waals surface area contributed by atoms with E-state index in [4.69, 9.17) is 4.74 Å². The number of carbonyl (C=O) groups excluding carboxylic acids is 2. The van der Waals surface area contributed by atoms with Crippen LogP contribution >= 0.6 is 0 Å². The predicted molar refractivity (Wildman–Crippen MR) is 102 cm³/mol. The van der Waals surface area contributed by atoms with Crippen molar-refractivity contribution in [2.45, 2.75) is 26.4 Å². The zero-order chi connectivity index (χ0) is 18.9. The van der Waals surface area contributed by atoms with Gasteiger partial charge in [-0.1, -0.05) is 12.1 Å². The molecule has 26 heavy (non-hydrogen) atoms. The fourth-order valence-electron chi connectivity index (χ4n) is 2.40. The molecule has 0 aliphatic rings. The summed E-state index contributed by atoms with van der Waals surface area (Å²) in [7, 11) is 1.58. The maximum atomic E-state index is 12.3. The second kappa shape index (κ2) is 9.58. The molecular weight excluding hydrogens is 330 g/mol. The third kappa shape index (κ3) is 6.22. The number of ether oxygens (including phenoxy) is 1. The number of amides is 2. The summed E-state index contributed by atoms with van der Waals surface area (Å²) in [6.45, 7) is 4.64. The van der Waals surface area contributed by atoms with Gasteiger partial charge in [0.15, 0.2) is 0 Å². The van der Waals surface area contributed by atoms with Crippen LogP contribution in [0.3, 0.4) is 0 Å². The van der Waals surface area contributed by atoms with Gasteiger partial charge in [-0.2, -0.15) is 0 Å². The standard InChI is InChI=1S/C20H25N3O3/c1-14(2)22-19(24)13-21-12-15-5-4-6-17(11-15)23-20(25)16-7-9-18(26-3)10-8-16/h4-11,14,21H,12-13H2,1-3H3,(H,22,24)(H,23,25). The summed E-state index contributed by atoms with van der Waals surface area (Å²) < 4.78 is 5.09. The Bertz CT molecular complexity index is 742. The normalized spacial score (nSPS) is 10.5. The molecule has 0 spiro atoms. The second-order valence-corrected chi connectivity index (χ2v) is 6.21. The number of nitrogens with one attached hydrogen (secondary N) is 3. The Labute approximate surface area is 153 Å². The molecule has 2 rings (SSSR count). The van der Waals surface area contributed by atoms with Gasteiger partial charge in [0.2, 0.25) is 5.91 Å². The van der Waals surface area contributed by atoms with Crippen LogP contribution in [0.25, 0.3) is 0 Å². The highest BCUT2D eigenvalue weighted by atomic mass is 16.5. The van der Waals surface area contributed by atoms with E-state index < -0.39 is 0 Å². The second-order valence-electron chi connectivity index (χ2n) is 6.21. The van der Waals surface area contributed by atoms with E-state index in [9.17, 15) is 9.59 Å². The van der Waals surface area contributed by atoms with Gasteiger partial charge < -0.3 is 20.7 Å². The Hall–Kier alpha value is -2.86. The predicted octanol–water partition coefficient (Wildman–Crippen LogP) is 2.56. The molecule has 2 amide bonds. The number of rotatable bonds is 8. The molecule has 3 N–H and O–H groups in total. The summed E-state index contributed by atoms with van der Waals surface area (Å²) in [6.07, 6.45) is 0. The first-order valence-electron chi connectivity index (χ1n) is 8.52. The van der Waals surface area contributed by atoms with Gasteiger partial charge in [-0.3, -0.25) is 9.59 Å². The quantitative estimate of drug-likeness (QED) is 0.680. The highest BCUT2D eigenvalue weighted by Gasteiger charge is 2.07. The van der Waals surface area contributed by atoms with Gasteiger partial charge in [-0.15, -0.1) is 0 Å². The lowest BCUT2D eigenvalue weighted by atomic mass is 10.1. The SMILES string of the molecule is COc1ccc(C(=O)Nc2cccc(CNCC(=O)NC(C)C)c2)cc1. The summed E-state index contributed by atoms with van der Waals surface area (Å²) in [6, 6.07) is 14.6. The Morgan fingerprint density at radius 3 is 2.46 bits per heavy atom. The zero-order valence-electron chi connectivity index (χ0n) is 15.3. The monoisotopic (exact) mass is 355 g/mol. The van der Waals surface area contributed by atoms with Gasteiger partial charge in [-0.25, -0.2) is 0 Å². The molecule has 0 saturated heterocycles. The number of hydrogen-bond donors (Lipinski definition) is 3. The van der Waals surface area contributed by atoms with Crippen molar-refractivity contribution in [2.75, 3.05) is 19.0 Å². The summed E-state index contributed by atoms with van der Waals surface area (Å²) >= 11 is 0. The highest BCUT2D eigenvalue weighted by Crippen LogP contribution is 2.15. The minimum Gasteiger partial charge on any atom is -0.497 e. The Morgan fingerprint density at radius 2 is 1.81 bits per heavy atom. The van der Waals surface area contributed by atoms with E-state index in [0.29, 0.717) is 23.5 Å². The van der Waals surface area contributed by atoms with Gasteiger partial charge in [0.1, 0.15) is 5.75 Å². The van der Waals surface area contributed by atoms with Crippen LogP contribution in [-0.4, -0.2) is 31.5 Å². The summed E-state index contributed by atoms with van der Waals surface area (Å²) in [5, 5.41) is 8.79. The van der Waals surface area contributed by atoms with Gasteiger partial charge in [0, 0.05) is 23.8 Å².